The standard InChI is InChI=1S/C17H22N2O3S/c1-2-22-17(21)19-9-7-13(8-10-19)18-16(20)15-11-12-5-3-4-6-14(12)23-15/h3-6,13,15H,2,7-11H2,1H3,(H,18,20). The molecule has 1 fully saturated rings. The molecular formula is C17H22N2O3S. The summed E-state index contributed by atoms with van der Waals surface area (Å²) in [5.74, 6) is 0.112. The summed E-state index contributed by atoms with van der Waals surface area (Å²) in [5, 5.41) is 3.12. The second-order valence-electron chi connectivity index (χ2n) is 5.89. The number of ether oxygens (including phenoxy) is 1. The van der Waals surface area contributed by atoms with E-state index in [2.05, 4.69) is 17.4 Å². The molecule has 1 saturated heterocycles. The van der Waals surface area contributed by atoms with Crippen LogP contribution in [-0.4, -0.2) is 47.9 Å². The SMILES string of the molecule is CCOC(=O)N1CCC(NC(=O)C2Cc3ccccc3S2)CC1. The van der Waals surface area contributed by atoms with E-state index in [-0.39, 0.29) is 23.3 Å². The first-order valence-corrected chi connectivity index (χ1v) is 9.02. The topological polar surface area (TPSA) is 58.6 Å². The number of hydrogen-bond donors (Lipinski definition) is 1. The van der Waals surface area contributed by atoms with E-state index < -0.39 is 0 Å². The normalized spacial score (nSPS) is 20.9. The molecule has 124 valence electrons. The van der Waals surface area contributed by atoms with Crippen LogP contribution in [0, 0.1) is 0 Å². The fourth-order valence-electron chi connectivity index (χ4n) is 3.04. The molecule has 2 heterocycles. The fraction of sp³-hybridized carbons (Fsp3) is 0.529. The molecule has 0 spiro atoms. The van der Waals surface area contributed by atoms with Gasteiger partial charge in [0.25, 0.3) is 0 Å². The van der Waals surface area contributed by atoms with Gasteiger partial charge >= 0.3 is 6.09 Å². The van der Waals surface area contributed by atoms with E-state index in [0.29, 0.717) is 19.7 Å². The van der Waals surface area contributed by atoms with Crippen LogP contribution in [0.4, 0.5) is 4.79 Å². The van der Waals surface area contributed by atoms with Crippen molar-refractivity contribution in [3.05, 3.63) is 29.8 Å². The number of hydrogen-bond acceptors (Lipinski definition) is 4. The molecule has 1 unspecified atom stereocenters. The van der Waals surface area contributed by atoms with Crippen LogP contribution in [0.15, 0.2) is 29.2 Å². The van der Waals surface area contributed by atoms with E-state index in [1.54, 1.807) is 16.7 Å². The third-order valence-electron chi connectivity index (χ3n) is 4.31. The van der Waals surface area contributed by atoms with E-state index in [9.17, 15) is 9.59 Å². The Morgan fingerprint density at radius 2 is 2.04 bits per heavy atom. The molecule has 2 amide bonds. The van der Waals surface area contributed by atoms with Gasteiger partial charge in [0, 0.05) is 24.0 Å². The lowest BCUT2D eigenvalue weighted by atomic mass is 10.0. The maximum absolute atomic E-state index is 12.5. The number of amides is 2. The van der Waals surface area contributed by atoms with Crippen molar-refractivity contribution in [2.24, 2.45) is 0 Å². The van der Waals surface area contributed by atoms with Crippen LogP contribution in [0.2, 0.25) is 0 Å². The Morgan fingerprint density at radius 1 is 1.30 bits per heavy atom. The van der Waals surface area contributed by atoms with Crippen LogP contribution in [0.5, 0.6) is 0 Å². The van der Waals surface area contributed by atoms with Crippen molar-refractivity contribution in [1.29, 1.82) is 0 Å². The van der Waals surface area contributed by atoms with Gasteiger partial charge in [0.05, 0.1) is 11.9 Å². The quantitative estimate of drug-likeness (QED) is 0.922. The minimum atomic E-state index is -0.251. The average Bonchev–Trinajstić information content (AvgIpc) is 3.00. The summed E-state index contributed by atoms with van der Waals surface area (Å²) >= 11 is 1.65. The summed E-state index contributed by atoms with van der Waals surface area (Å²) in [5.41, 5.74) is 1.26. The second kappa shape index (κ2) is 7.25. The minimum Gasteiger partial charge on any atom is -0.450 e. The number of fused-ring (bicyclic) bond motifs is 1. The Morgan fingerprint density at radius 3 is 2.74 bits per heavy atom. The van der Waals surface area contributed by atoms with Gasteiger partial charge in [0.1, 0.15) is 0 Å². The van der Waals surface area contributed by atoms with Crippen LogP contribution in [0.3, 0.4) is 0 Å². The summed E-state index contributed by atoms with van der Waals surface area (Å²) in [7, 11) is 0. The van der Waals surface area contributed by atoms with Crippen LogP contribution in [0.1, 0.15) is 25.3 Å². The summed E-state index contributed by atoms with van der Waals surface area (Å²) in [6.45, 7) is 3.49. The molecular weight excluding hydrogens is 312 g/mol. The molecule has 0 saturated carbocycles. The van der Waals surface area contributed by atoms with Gasteiger partial charge in [-0.2, -0.15) is 0 Å². The number of nitrogens with zero attached hydrogens (tertiary/aromatic N) is 1. The Kier molecular flexibility index (Phi) is 5.10. The average molecular weight is 334 g/mol. The first kappa shape index (κ1) is 16.2. The molecule has 3 rings (SSSR count). The van der Waals surface area contributed by atoms with E-state index >= 15 is 0 Å². The Hall–Kier alpha value is -1.69. The molecule has 2 aliphatic heterocycles. The lowest BCUT2D eigenvalue weighted by Crippen LogP contribution is -2.48. The van der Waals surface area contributed by atoms with Crippen molar-refractivity contribution in [3.63, 3.8) is 0 Å². The predicted octanol–water partition coefficient (Wildman–Crippen LogP) is 2.44. The lowest BCUT2D eigenvalue weighted by Gasteiger charge is -2.32. The van der Waals surface area contributed by atoms with Gasteiger partial charge in [-0.25, -0.2) is 4.79 Å². The third-order valence-corrected chi connectivity index (χ3v) is 5.62. The van der Waals surface area contributed by atoms with Crippen LogP contribution >= 0.6 is 11.8 Å². The van der Waals surface area contributed by atoms with Crippen molar-refractivity contribution in [3.8, 4) is 0 Å². The number of benzene rings is 1. The predicted molar refractivity (Wildman–Crippen MR) is 89.6 cm³/mol. The largest absolute Gasteiger partial charge is 0.450 e. The second-order valence-corrected chi connectivity index (χ2v) is 7.13. The zero-order valence-corrected chi connectivity index (χ0v) is 14.1. The van der Waals surface area contributed by atoms with E-state index in [0.717, 1.165) is 19.3 Å². The maximum Gasteiger partial charge on any atom is 0.409 e. The fourth-order valence-corrected chi connectivity index (χ4v) is 4.25. The highest BCUT2D eigenvalue weighted by Gasteiger charge is 2.31. The number of carbonyl (C=O) groups is 2. The molecule has 6 heteroatoms. The van der Waals surface area contributed by atoms with Gasteiger partial charge in [0.15, 0.2) is 0 Å². The van der Waals surface area contributed by atoms with Crippen molar-refractivity contribution in [2.75, 3.05) is 19.7 Å². The highest BCUT2D eigenvalue weighted by atomic mass is 32.2. The molecule has 23 heavy (non-hydrogen) atoms. The van der Waals surface area contributed by atoms with Crippen molar-refractivity contribution in [2.45, 2.75) is 42.4 Å². The number of likely N-dealkylation sites (tertiary alicyclic amines) is 1. The summed E-state index contributed by atoms with van der Waals surface area (Å²) in [6, 6.07) is 8.35. The lowest BCUT2D eigenvalue weighted by molar-refractivity contribution is -0.121. The molecule has 1 aromatic rings. The number of piperidine rings is 1. The highest BCUT2D eigenvalue weighted by Crippen LogP contribution is 2.36. The first-order chi connectivity index (χ1) is 11.2. The maximum atomic E-state index is 12.5. The molecule has 0 radical (unpaired) electrons. The molecule has 1 atom stereocenters. The summed E-state index contributed by atoms with van der Waals surface area (Å²) in [6.07, 6.45) is 2.12. The zero-order valence-electron chi connectivity index (χ0n) is 13.3. The van der Waals surface area contributed by atoms with Gasteiger partial charge in [-0.3, -0.25) is 4.79 Å². The number of carbonyl (C=O) groups excluding carboxylic acids is 2. The molecule has 0 bridgehead atoms. The van der Waals surface area contributed by atoms with Gasteiger partial charge in [-0.05, 0) is 37.8 Å². The Bertz CT molecular complexity index is 560. The van der Waals surface area contributed by atoms with E-state index in [1.807, 2.05) is 19.1 Å². The Labute approximate surface area is 140 Å². The number of rotatable bonds is 3. The van der Waals surface area contributed by atoms with Gasteiger partial charge < -0.3 is 15.0 Å². The number of nitrogens with one attached hydrogen (secondary N) is 1. The van der Waals surface area contributed by atoms with E-state index in [1.165, 1.54) is 10.5 Å². The molecule has 5 nitrogen and oxygen atoms in total. The van der Waals surface area contributed by atoms with Gasteiger partial charge in [-0.1, -0.05) is 18.2 Å². The summed E-state index contributed by atoms with van der Waals surface area (Å²) < 4.78 is 5.01. The zero-order chi connectivity index (χ0) is 16.2. The van der Waals surface area contributed by atoms with Crippen LogP contribution in [0.25, 0.3) is 0 Å². The first-order valence-electron chi connectivity index (χ1n) is 8.14. The van der Waals surface area contributed by atoms with Crippen molar-refractivity contribution in [1.82, 2.24) is 10.2 Å². The van der Waals surface area contributed by atoms with Gasteiger partial charge in [-0.15, -0.1) is 11.8 Å². The molecule has 0 aromatic heterocycles. The minimum absolute atomic E-state index is 0.0320. The van der Waals surface area contributed by atoms with Crippen molar-refractivity contribution < 1.29 is 14.3 Å². The van der Waals surface area contributed by atoms with Gasteiger partial charge in [0.2, 0.25) is 5.91 Å². The van der Waals surface area contributed by atoms with Crippen LogP contribution in [-0.2, 0) is 16.0 Å². The monoisotopic (exact) mass is 334 g/mol. The Balaban J connectivity index is 1.46. The molecule has 2 aliphatic rings. The van der Waals surface area contributed by atoms with Crippen molar-refractivity contribution >= 4 is 23.8 Å². The smallest absolute Gasteiger partial charge is 0.409 e. The van der Waals surface area contributed by atoms with E-state index in [4.69, 9.17) is 4.74 Å². The molecule has 1 N–H and O–H groups in total. The molecule has 0 aliphatic carbocycles. The number of thioether (sulfide) groups is 1. The molecule has 1 aromatic carbocycles. The highest BCUT2D eigenvalue weighted by molar-refractivity contribution is 8.01. The van der Waals surface area contributed by atoms with Crippen LogP contribution < -0.4 is 5.32 Å². The third kappa shape index (κ3) is 3.80. The summed E-state index contributed by atoms with van der Waals surface area (Å²) in [4.78, 5) is 27.1.